The summed E-state index contributed by atoms with van der Waals surface area (Å²) in [5.74, 6) is 0. The van der Waals surface area contributed by atoms with Gasteiger partial charge in [0, 0.05) is 26.2 Å². The predicted molar refractivity (Wildman–Crippen MR) is 149 cm³/mol. The van der Waals surface area contributed by atoms with Gasteiger partial charge < -0.3 is 0 Å². The monoisotopic (exact) mass is 546 g/mol. The fourth-order valence-corrected chi connectivity index (χ4v) is 7.51. The third kappa shape index (κ3) is 5.89. The van der Waals surface area contributed by atoms with Crippen molar-refractivity contribution < 1.29 is 16.8 Å². The van der Waals surface area contributed by atoms with E-state index in [0.29, 0.717) is 0 Å². The molecule has 0 atom stereocenters. The number of rotatable bonds is 8. The molecule has 196 valence electrons. The summed E-state index contributed by atoms with van der Waals surface area (Å²) in [4.78, 5) is 0.444. The van der Waals surface area contributed by atoms with Crippen LogP contribution in [0.25, 0.3) is 0 Å². The lowest BCUT2D eigenvalue weighted by molar-refractivity contribution is 0.273. The van der Waals surface area contributed by atoms with Gasteiger partial charge >= 0.3 is 0 Å². The second-order valence-corrected chi connectivity index (χ2v) is 13.3. The molecule has 0 aromatic heterocycles. The maximum atomic E-state index is 13.2. The van der Waals surface area contributed by atoms with Crippen molar-refractivity contribution in [2.24, 2.45) is 0 Å². The highest BCUT2D eigenvalue weighted by molar-refractivity contribution is 7.89. The lowest BCUT2D eigenvalue weighted by atomic mass is 10.1. The Morgan fingerprint density at radius 1 is 0.421 bits per heavy atom. The van der Waals surface area contributed by atoms with Crippen molar-refractivity contribution in [1.82, 2.24) is 8.61 Å². The zero-order valence-corrected chi connectivity index (χ0v) is 22.6. The molecule has 5 rings (SSSR count). The second-order valence-electron chi connectivity index (χ2n) is 9.42. The number of benzene rings is 4. The Hall–Kier alpha value is -3.30. The van der Waals surface area contributed by atoms with Crippen molar-refractivity contribution >= 4 is 20.0 Å². The molecule has 6 nitrogen and oxygen atoms in total. The van der Waals surface area contributed by atoms with Crippen LogP contribution in [-0.4, -0.2) is 51.6 Å². The van der Waals surface area contributed by atoms with Gasteiger partial charge in [-0.1, -0.05) is 84.9 Å². The van der Waals surface area contributed by atoms with E-state index in [1.165, 1.54) is 8.61 Å². The molecule has 1 aliphatic heterocycles. The molecule has 4 aromatic rings. The van der Waals surface area contributed by atoms with Crippen LogP contribution < -0.4 is 0 Å². The minimum absolute atomic E-state index is 0.111. The molecule has 0 spiro atoms. The molecule has 1 heterocycles. The van der Waals surface area contributed by atoms with Crippen LogP contribution in [-0.2, 0) is 32.9 Å². The average molecular weight is 547 g/mol. The van der Waals surface area contributed by atoms with Gasteiger partial charge in [0.25, 0.3) is 0 Å². The molecule has 0 amide bonds. The Labute approximate surface area is 225 Å². The van der Waals surface area contributed by atoms with Gasteiger partial charge in [0.15, 0.2) is 0 Å². The number of nitrogens with zero attached hydrogens (tertiary/aromatic N) is 2. The summed E-state index contributed by atoms with van der Waals surface area (Å²) in [5.41, 5.74) is 4.37. The van der Waals surface area contributed by atoms with E-state index in [2.05, 4.69) is 0 Å². The first-order valence-corrected chi connectivity index (χ1v) is 15.5. The lowest BCUT2D eigenvalue weighted by Crippen LogP contribution is -2.50. The maximum Gasteiger partial charge on any atom is 0.243 e. The predicted octanol–water partition coefficient (Wildman–Crippen LogP) is 4.56. The van der Waals surface area contributed by atoms with Gasteiger partial charge in [0.2, 0.25) is 20.0 Å². The fourth-order valence-electron chi connectivity index (χ4n) is 4.67. The van der Waals surface area contributed by atoms with Crippen LogP contribution in [0.3, 0.4) is 0 Å². The summed E-state index contributed by atoms with van der Waals surface area (Å²) >= 11 is 0. The molecule has 8 heteroatoms. The van der Waals surface area contributed by atoms with Crippen LogP contribution >= 0.6 is 0 Å². The first-order chi connectivity index (χ1) is 18.3. The summed E-state index contributed by atoms with van der Waals surface area (Å²) in [7, 11) is -7.42. The fraction of sp³-hybridized carbons (Fsp3) is 0.200. The molecule has 1 fully saturated rings. The highest BCUT2D eigenvalue weighted by Gasteiger charge is 2.33. The molecule has 0 bridgehead atoms. The zero-order valence-electron chi connectivity index (χ0n) is 21.0. The summed E-state index contributed by atoms with van der Waals surface area (Å²) in [6, 6.07) is 33.9. The van der Waals surface area contributed by atoms with Gasteiger partial charge in [0.05, 0.1) is 9.79 Å². The maximum absolute atomic E-state index is 13.2. The molecule has 0 aliphatic carbocycles. The highest BCUT2D eigenvalue weighted by atomic mass is 32.2. The average Bonchev–Trinajstić information content (AvgIpc) is 2.95. The molecule has 1 saturated heterocycles. The van der Waals surface area contributed by atoms with E-state index in [1.54, 1.807) is 24.3 Å². The van der Waals surface area contributed by atoms with Crippen LogP contribution in [0.2, 0.25) is 0 Å². The Morgan fingerprint density at radius 3 is 1.03 bits per heavy atom. The number of hydrogen-bond donors (Lipinski definition) is 0. The van der Waals surface area contributed by atoms with Crippen molar-refractivity contribution in [2.45, 2.75) is 22.6 Å². The van der Waals surface area contributed by atoms with E-state index >= 15 is 0 Å². The SMILES string of the molecule is O=S(=O)(c1ccc(Cc2ccccc2)cc1)N1CCN(S(=O)(=O)c2ccc(Cc3ccccc3)cc2)CC1. The zero-order chi connectivity index (χ0) is 26.6. The van der Waals surface area contributed by atoms with Crippen LogP contribution in [0.15, 0.2) is 119 Å². The van der Waals surface area contributed by atoms with Crippen molar-refractivity contribution in [3.05, 3.63) is 131 Å². The second kappa shape index (κ2) is 11.2. The molecule has 1 aliphatic rings. The Bertz CT molecular complexity index is 1440. The molecule has 0 N–H and O–H groups in total. The van der Waals surface area contributed by atoms with Gasteiger partial charge in [-0.25, -0.2) is 16.8 Å². The lowest BCUT2D eigenvalue weighted by Gasteiger charge is -2.33. The van der Waals surface area contributed by atoms with Gasteiger partial charge in [-0.05, 0) is 59.4 Å². The molecule has 0 radical (unpaired) electrons. The topological polar surface area (TPSA) is 74.8 Å². The minimum Gasteiger partial charge on any atom is -0.207 e. The Kier molecular flexibility index (Phi) is 7.76. The molecular weight excluding hydrogens is 516 g/mol. The highest BCUT2D eigenvalue weighted by Crippen LogP contribution is 2.23. The van der Waals surface area contributed by atoms with Crippen LogP contribution in [0.4, 0.5) is 0 Å². The van der Waals surface area contributed by atoms with E-state index in [-0.39, 0.29) is 36.0 Å². The first kappa shape index (κ1) is 26.3. The third-order valence-corrected chi connectivity index (χ3v) is 10.6. The van der Waals surface area contributed by atoms with Crippen molar-refractivity contribution in [3.8, 4) is 0 Å². The van der Waals surface area contributed by atoms with E-state index < -0.39 is 20.0 Å². The number of piperazine rings is 1. The summed E-state index contributed by atoms with van der Waals surface area (Å²) in [6.07, 6.45) is 1.45. The quantitative estimate of drug-likeness (QED) is 0.325. The van der Waals surface area contributed by atoms with Gasteiger partial charge in [-0.2, -0.15) is 8.61 Å². The summed E-state index contributed by atoms with van der Waals surface area (Å²) in [6.45, 7) is 0.442. The molecule has 0 saturated carbocycles. The number of sulfonamides is 2. The standard InChI is InChI=1S/C30H30N2O4S2/c33-37(34,29-15-11-27(12-16-29)23-25-7-3-1-4-8-25)31-19-21-32(22-20-31)38(35,36)30-17-13-28(14-18-30)24-26-9-5-2-6-10-26/h1-18H,19-24H2. The van der Waals surface area contributed by atoms with Gasteiger partial charge in [-0.3, -0.25) is 0 Å². The van der Waals surface area contributed by atoms with Crippen molar-refractivity contribution in [1.29, 1.82) is 0 Å². The van der Waals surface area contributed by atoms with E-state index in [4.69, 9.17) is 0 Å². The van der Waals surface area contributed by atoms with Crippen LogP contribution in [0, 0.1) is 0 Å². The third-order valence-electron chi connectivity index (χ3n) is 6.82. The van der Waals surface area contributed by atoms with Gasteiger partial charge in [-0.15, -0.1) is 0 Å². The van der Waals surface area contributed by atoms with E-state index in [0.717, 1.165) is 35.1 Å². The molecule has 0 unspecified atom stereocenters. The summed E-state index contributed by atoms with van der Waals surface area (Å²) in [5, 5.41) is 0. The van der Waals surface area contributed by atoms with Crippen LogP contribution in [0.1, 0.15) is 22.3 Å². The molecule has 38 heavy (non-hydrogen) atoms. The molecular formula is C30H30N2O4S2. The Balaban J connectivity index is 1.21. The number of hydrogen-bond acceptors (Lipinski definition) is 4. The van der Waals surface area contributed by atoms with Crippen molar-refractivity contribution in [2.75, 3.05) is 26.2 Å². The van der Waals surface area contributed by atoms with E-state index in [1.807, 2.05) is 84.9 Å². The largest absolute Gasteiger partial charge is 0.243 e. The minimum atomic E-state index is -3.71. The molecule has 4 aromatic carbocycles. The normalized spacial score (nSPS) is 15.4. The van der Waals surface area contributed by atoms with E-state index in [9.17, 15) is 16.8 Å². The summed E-state index contributed by atoms with van der Waals surface area (Å²) < 4.78 is 55.7. The smallest absolute Gasteiger partial charge is 0.207 e. The Morgan fingerprint density at radius 2 is 0.711 bits per heavy atom. The van der Waals surface area contributed by atoms with Crippen molar-refractivity contribution in [3.63, 3.8) is 0 Å². The van der Waals surface area contributed by atoms with Gasteiger partial charge in [0.1, 0.15) is 0 Å². The van der Waals surface area contributed by atoms with Crippen LogP contribution in [0.5, 0.6) is 0 Å². The first-order valence-electron chi connectivity index (χ1n) is 12.6.